The smallest absolute Gasteiger partial charge is 0.216 e. The number of rotatable bonds is 4. The topological polar surface area (TPSA) is 76.8 Å². The van der Waals surface area contributed by atoms with Crippen LogP contribution in [0.4, 0.5) is 5.95 Å². The number of hydrogen-bond acceptors (Lipinski definition) is 5. The molecule has 1 heterocycles. The van der Waals surface area contributed by atoms with E-state index in [1.165, 1.54) is 0 Å². The minimum atomic E-state index is 0.236. The number of aromatic amines is 1. The van der Waals surface area contributed by atoms with Crippen molar-refractivity contribution in [3.8, 4) is 5.75 Å². The van der Waals surface area contributed by atoms with E-state index in [9.17, 15) is 0 Å². The first-order valence-electron chi connectivity index (χ1n) is 5.17. The molecule has 0 radical (unpaired) electrons. The molecule has 1 atom stereocenters. The zero-order valence-corrected chi connectivity index (χ0v) is 10.5. The summed E-state index contributed by atoms with van der Waals surface area (Å²) in [5, 5.41) is 7.50. The van der Waals surface area contributed by atoms with Crippen molar-refractivity contribution in [2.24, 2.45) is 0 Å². The summed E-state index contributed by atoms with van der Waals surface area (Å²) >= 11 is 1.55. The maximum Gasteiger partial charge on any atom is 0.216 e. The minimum Gasteiger partial charge on any atom is -0.497 e. The van der Waals surface area contributed by atoms with Gasteiger partial charge in [0.2, 0.25) is 11.1 Å². The summed E-state index contributed by atoms with van der Waals surface area (Å²) in [5.74, 6) is 1.19. The van der Waals surface area contributed by atoms with Gasteiger partial charge in [0.1, 0.15) is 5.75 Å². The van der Waals surface area contributed by atoms with Crippen LogP contribution < -0.4 is 10.5 Å². The summed E-state index contributed by atoms with van der Waals surface area (Å²) in [6.45, 7) is 2.09. The average Bonchev–Trinajstić information content (AvgIpc) is 2.75. The Morgan fingerprint density at radius 2 is 2.29 bits per heavy atom. The minimum absolute atomic E-state index is 0.236. The predicted molar refractivity (Wildman–Crippen MR) is 68.1 cm³/mol. The van der Waals surface area contributed by atoms with Crippen LogP contribution in [0.5, 0.6) is 5.75 Å². The van der Waals surface area contributed by atoms with E-state index in [0.717, 1.165) is 11.3 Å². The number of ether oxygens (including phenoxy) is 1. The molecule has 90 valence electrons. The van der Waals surface area contributed by atoms with E-state index in [0.29, 0.717) is 11.1 Å². The molecule has 0 aliphatic carbocycles. The maximum atomic E-state index is 5.48. The van der Waals surface area contributed by atoms with Crippen LogP contribution in [-0.2, 0) is 0 Å². The first-order chi connectivity index (χ1) is 8.19. The van der Waals surface area contributed by atoms with Crippen molar-refractivity contribution < 1.29 is 4.74 Å². The lowest BCUT2D eigenvalue weighted by atomic mass is 10.1. The summed E-state index contributed by atoms with van der Waals surface area (Å²) in [7, 11) is 1.66. The largest absolute Gasteiger partial charge is 0.497 e. The van der Waals surface area contributed by atoms with Crippen LogP contribution in [0.15, 0.2) is 29.4 Å². The summed E-state index contributed by atoms with van der Waals surface area (Å²) in [5.41, 5.74) is 6.64. The van der Waals surface area contributed by atoms with E-state index in [1.54, 1.807) is 18.9 Å². The first-order valence-corrected chi connectivity index (χ1v) is 6.05. The van der Waals surface area contributed by atoms with Gasteiger partial charge in [0, 0.05) is 5.25 Å². The lowest BCUT2D eigenvalue weighted by Crippen LogP contribution is -1.91. The van der Waals surface area contributed by atoms with Gasteiger partial charge in [0.25, 0.3) is 0 Å². The van der Waals surface area contributed by atoms with Crippen molar-refractivity contribution in [2.45, 2.75) is 17.3 Å². The highest BCUT2D eigenvalue weighted by atomic mass is 32.2. The molecular formula is C11H14N4OS. The van der Waals surface area contributed by atoms with Gasteiger partial charge in [-0.15, -0.1) is 5.10 Å². The number of hydrogen-bond donors (Lipinski definition) is 2. The molecule has 3 N–H and O–H groups in total. The van der Waals surface area contributed by atoms with E-state index in [4.69, 9.17) is 10.5 Å². The maximum absolute atomic E-state index is 5.48. The standard InChI is InChI=1S/C11H14N4OS/c1-7(17-11-13-10(12)14-15-11)8-4-3-5-9(6-8)16-2/h3-7H,1-2H3,(H3,12,13,14,15)/t7-/m1/s1. The van der Waals surface area contributed by atoms with Crippen LogP contribution in [0.2, 0.25) is 0 Å². The van der Waals surface area contributed by atoms with Crippen LogP contribution in [-0.4, -0.2) is 22.3 Å². The number of nitrogens with two attached hydrogens (primary N) is 1. The van der Waals surface area contributed by atoms with Crippen LogP contribution in [0, 0.1) is 0 Å². The van der Waals surface area contributed by atoms with Crippen LogP contribution >= 0.6 is 11.8 Å². The third kappa shape index (κ3) is 2.91. The summed E-state index contributed by atoms with van der Waals surface area (Å²) in [6.07, 6.45) is 0. The van der Waals surface area contributed by atoms with Crippen LogP contribution in [0.3, 0.4) is 0 Å². The number of nitrogens with zero attached hydrogens (tertiary/aromatic N) is 2. The number of aromatic nitrogens is 3. The van der Waals surface area contributed by atoms with Gasteiger partial charge in [-0.1, -0.05) is 23.9 Å². The number of benzene rings is 1. The van der Waals surface area contributed by atoms with Gasteiger partial charge in [-0.3, -0.25) is 0 Å². The third-order valence-electron chi connectivity index (χ3n) is 2.33. The number of methoxy groups -OCH3 is 1. The van der Waals surface area contributed by atoms with Crippen LogP contribution in [0.1, 0.15) is 17.7 Å². The fourth-order valence-corrected chi connectivity index (χ4v) is 2.28. The molecule has 0 amide bonds. The van der Waals surface area contributed by atoms with E-state index >= 15 is 0 Å². The van der Waals surface area contributed by atoms with Crippen LogP contribution in [0.25, 0.3) is 0 Å². The predicted octanol–water partition coefficient (Wildman–Crippen LogP) is 2.25. The molecular weight excluding hydrogens is 236 g/mol. The van der Waals surface area contributed by atoms with E-state index in [-0.39, 0.29) is 5.25 Å². The molecule has 1 aromatic carbocycles. The van der Waals surface area contributed by atoms with Gasteiger partial charge in [-0.2, -0.15) is 4.98 Å². The van der Waals surface area contributed by atoms with Crippen molar-refractivity contribution in [3.63, 3.8) is 0 Å². The third-order valence-corrected chi connectivity index (χ3v) is 3.35. The molecule has 0 unspecified atom stereocenters. The average molecular weight is 250 g/mol. The summed E-state index contributed by atoms with van der Waals surface area (Å²) < 4.78 is 5.19. The SMILES string of the molecule is COc1cccc([C@@H](C)Sc2n[nH]c(N)n2)c1. The highest BCUT2D eigenvalue weighted by molar-refractivity contribution is 7.99. The van der Waals surface area contributed by atoms with Crippen molar-refractivity contribution >= 4 is 17.7 Å². The van der Waals surface area contributed by atoms with Crippen molar-refractivity contribution in [2.75, 3.05) is 12.8 Å². The van der Waals surface area contributed by atoms with Gasteiger partial charge in [-0.05, 0) is 24.6 Å². The Hall–Kier alpha value is -1.69. The Morgan fingerprint density at radius 1 is 1.47 bits per heavy atom. The summed E-state index contributed by atoms with van der Waals surface area (Å²) in [6, 6.07) is 7.95. The molecule has 0 saturated heterocycles. The lowest BCUT2D eigenvalue weighted by Gasteiger charge is -2.10. The Bertz CT molecular complexity index is 500. The van der Waals surface area contributed by atoms with E-state index in [2.05, 4.69) is 28.2 Å². The second kappa shape index (κ2) is 5.09. The van der Waals surface area contributed by atoms with Crippen molar-refractivity contribution in [1.82, 2.24) is 15.2 Å². The van der Waals surface area contributed by atoms with Gasteiger partial charge in [-0.25, -0.2) is 5.10 Å². The molecule has 5 nitrogen and oxygen atoms in total. The number of thioether (sulfide) groups is 1. The molecule has 0 aliphatic rings. The fraction of sp³-hybridized carbons (Fsp3) is 0.273. The molecule has 17 heavy (non-hydrogen) atoms. The normalized spacial score (nSPS) is 12.4. The summed E-state index contributed by atoms with van der Waals surface area (Å²) in [4.78, 5) is 4.06. The monoisotopic (exact) mass is 250 g/mol. The Labute approximate surface area is 104 Å². The highest BCUT2D eigenvalue weighted by Crippen LogP contribution is 2.33. The fourth-order valence-electron chi connectivity index (χ4n) is 1.43. The Morgan fingerprint density at radius 3 is 2.94 bits per heavy atom. The van der Waals surface area contributed by atoms with Gasteiger partial charge < -0.3 is 10.5 Å². The Balaban J connectivity index is 2.11. The molecule has 1 aromatic heterocycles. The molecule has 0 spiro atoms. The zero-order valence-electron chi connectivity index (χ0n) is 9.68. The van der Waals surface area contributed by atoms with Gasteiger partial charge in [0.15, 0.2) is 0 Å². The Kier molecular flexibility index (Phi) is 3.53. The second-order valence-electron chi connectivity index (χ2n) is 3.54. The molecule has 0 bridgehead atoms. The number of nitrogens with one attached hydrogen (secondary N) is 1. The molecule has 6 heteroatoms. The van der Waals surface area contributed by atoms with Crippen molar-refractivity contribution in [3.05, 3.63) is 29.8 Å². The van der Waals surface area contributed by atoms with Crippen molar-refractivity contribution in [1.29, 1.82) is 0 Å². The number of nitrogen functional groups attached to an aromatic ring is 1. The van der Waals surface area contributed by atoms with Gasteiger partial charge in [0.05, 0.1) is 7.11 Å². The number of anilines is 1. The lowest BCUT2D eigenvalue weighted by molar-refractivity contribution is 0.414. The molecule has 2 rings (SSSR count). The quantitative estimate of drug-likeness (QED) is 0.814. The highest BCUT2D eigenvalue weighted by Gasteiger charge is 2.11. The molecule has 0 aliphatic heterocycles. The molecule has 0 fully saturated rings. The first kappa shape index (κ1) is 11.8. The molecule has 2 aromatic rings. The second-order valence-corrected chi connectivity index (χ2v) is 4.85. The number of H-pyrrole nitrogens is 1. The zero-order chi connectivity index (χ0) is 12.3. The van der Waals surface area contributed by atoms with Gasteiger partial charge >= 0.3 is 0 Å². The molecule has 0 saturated carbocycles. The van der Waals surface area contributed by atoms with E-state index < -0.39 is 0 Å². The van der Waals surface area contributed by atoms with E-state index in [1.807, 2.05) is 18.2 Å².